The zero-order chi connectivity index (χ0) is 29.4. The van der Waals surface area contributed by atoms with Gasteiger partial charge in [-0.05, 0) is 33.6 Å². The first-order chi connectivity index (χ1) is 19.0. The van der Waals surface area contributed by atoms with E-state index in [4.69, 9.17) is 34.2 Å². The molecule has 1 aliphatic carbocycles. The maximum absolute atomic E-state index is 12.4. The van der Waals surface area contributed by atoms with Gasteiger partial charge in [0.2, 0.25) is 0 Å². The summed E-state index contributed by atoms with van der Waals surface area (Å²) < 4.78 is 35.1. The topological polar surface area (TPSA) is 171 Å². The fourth-order valence-corrected chi connectivity index (χ4v) is 4.29. The average Bonchev–Trinajstić information content (AvgIpc) is 3.30. The molecule has 0 radical (unpaired) electrons. The number of esters is 1. The summed E-state index contributed by atoms with van der Waals surface area (Å²) in [4.78, 5) is 36.8. The highest BCUT2D eigenvalue weighted by atomic mass is 16.8. The molecule has 1 aliphatic rings. The number of hydrogen-bond donors (Lipinski definition) is 2. The van der Waals surface area contributed by atoms with E-state index in [1.807, 2.05) is 25.3 Å². The SMILES string of the molecule is COC1C(OCOC(=O)OC(C)C)C1(CNC(C)C(=O)OCC(C)C)COC(C)Cn1cnc2c(N)ncnc21. The quantitative estimate of drug-likeness (QED) is 0.223. The summed E-state index contributed by atoms with van der Waals surface area (Å²) in [6.07, 6.45) is 0.801. The molecule has 40 heavy (non-hydrogen) atoms. The van der Waals surface area contributed by atoms with Gasteiger partial charge in [-0.15, -0.1) is 0 Å². The molecule has 5 atom stereocenters. The molecule has 14 nitrogen and oxygen atoms in total. The largest absolute Gasteiger partial charge is 0.510 e. The van der Waals surface area contributed by atoms with Crippen LogP contribution in [0.1, 0.15) is 41.5 Å². The lowest BCUT2D eigenvalue weighted by atomic mass is 10.1. The van der Waals surface area contributed by atoms with E-state index in [1.54, 1.807) is 34.2 Å². The minimum atomic E-state index is -0.822. The monoisotopic (exact) mass is 566 g/mol. The van der Waals surface area contributed by atoms with Gasteiger partial charge in [0.1, 0.15) is 24.0 Å². The molecule has 0 aliphatic heterocycles. The van der Waals surface area contributed by atoms with Crippen LogP contribution in [-0.4, -0.2) is 95.8 Å². The molecule has 0 spiro atoms. The number of carbonyl (C=O) groups excluding carboxylic acids is 2. The summed E-state index contributed by atoms with van der Waals surface area (Å²) in [6, 6.07) is -0.563. The van der Waals surface area contributed by atoms with Gasteiger partial charge in [-0.1, -0.05) is 13.8 Å². The second-order valence-corrected chi connectivity index (χ2v) is 10.7. The number of anilines is 1. The minimum Gasteiger partial charge on any atom is -0.464 e. The summed E-state index contributed by atoms with van der Waals surface area (Å²) in [5.41, 5.74) is 6.38. The Bertz CT molecular complexity index is 1130. The van der Waals surface area contributed by atoms with Crippen LogP contribution < -0.4 is 11.1 Å². The Kier molecular flexibility index (Phi) is 11.0. The lowest BCUT2D eigenvalue weighted by Gasteiger charge is -2.23. The highest BCUT2D eigenvalue weighted by molar-refractivity contribution is 5.81. The van der Waals surface area contributed by atoms with E-state index in [0.29, 0.717) is 36.7 Å². The molecule has 224 valence electrons. The number of fused-ring (bicyclic) bond motifs is 1. The number of hydrogen-bond acceptors (Lipinski definition) is 13. The number of ether oxygens (including phenoxy) is 6. The standard InChI is InChI=1S/C26H42N6O8/c1-15(2)9-36-24(33)18(6)28-10-26(20(35-7)21(26)38-14-39-25(34)40-16(3)4)11-37-17(5)8-32-13-31-19-22(27)29-12-30-23(19)32/h12-13,15-18,20-21,28H,8-11,14H2,1-7H3,(H2,27,29,30). The van der Waals surface area contributed by atoms with Gasteiger partial charge in [0.05, 0.1) is 49.8 Å². The van der Waals surface area contributed by atoms with E-state index in [2.05, 4.69) is 20.3 Å². The van der Waals surface area contributed by atoms with Gasteiger partial charge in [0.15, 0.2) is 18.3 Å². The fraction of sp³-hybridized carbons (Fsp3) is 0.731. The number of aromatic nitrogens is 4. The third-order valence-corrected chi connectivity index (χ3v) is 6.48. The Morgan fingerprint density at radius 3 is 2.52 bits per heavy atom. The summed E-state index contributed by atoms with van der Waals surface area (Å²) in [5, 5.41) is 3.24. The smallest absolute Gasteiger partial charge is 0.464 e. The number of rotatable bonds is 16. The zero-order valence-corrected chi connectivity index (χ0v) is 24.3. The van der Waals surface area contributed by atoms with E-state index in [0.717, 1.165) is 0 Å². The lowest BCUT2D eigenvalue weighted by molar-refractivity contribution is -0.147. The van der Waals surface area contributed by atoms with E-state index in [-0.39, 0.29) is 43.6 Å². The Hall–Kier alpha value is -3.07. The van der Waals surface area contributed by atoms with Crippen molar-refractivity contribution in [1.82, 2.24) is 24.8 Å². The highest BCUT2D eigenvalue weighted by Gasteiger charge is 2.67. The van der Waals surface area contributed by atoms with E-state index < -0.39 is 23.7 Å². The van der Waals surface area contributed by atoms with Crippen LogP contribution in [0.4, 0.5) is 10.6 Å². The van der Waals surface area contributed by atoms with Crippen molar-refractivity contribution in [2.45, 2.75) is 78.5 Å². The van der Waals surface area contributed by atoms with Gasteiger partial charge >= 0.3 is 12.1 Å². The summed E-state index contributed by atoms with van der Waals surface area (Å²) in [6.45, 7) is 12.1. The number of methoxy groups -OCH3 is 1. The van der Waals surface area contributed by atoms with E-state index in [9.17, 15) is 9.59 Å². The number of nitrogens with one attached hydrogen (secondary N) is 1. The predicted molar refractivity (Wildman–Crippen MR) is 144 cm³/mol. The number of imidazole rings is 1. The van der Waals surface area contributed by atoms with Crippen LogP contribution in [0.15, 0.2) is 12.7 Å². The first-order valence-electron chi connectivity index (χ1n) is 13.4. The number of nitrogens with two attached hydrogens (primary N) is 1. The fourth-order valence-electron chi connectivity index (χ4n) is 4.29. The van der Waals surface area contributed by atoms with Crippen LogP contribution in [0, 0.1) is 11.3 Å². The van der Waals surface area contributed by atoms with Crippen molar-refractivity contribution in [2.75, 3.05) is 39.4 Å². The molecule has 0 saturated heterocycles. The Morgan fingerprint density at radius 1 is 1.10 bits per heavy atom. The number of nitrogen functional groups attached to an aromatic ring is 1. The predicted octanol–water partition coefficient (Wildman–Crippen LogP) is 1.91. The van der Waals surface area contributed by atoms with Crippen molar-refractivity contribution >= 4 is 29.1 Å². The molecule has 0 bridgehead atoms. The van der Waals surface area contributed by atoms with Crippen molar-refractivity contribution in [3.8, 4) is 0 Å². The van der Waals surface area contributed by atoms with Crippen molar-refractivity contribution < 1.29 is 38.0 Å². The molecule has 2 aromatic heterocycles. The Balaban J connectivity index is 1.65. The lowest BCUT2D eigenvalue weighted by Crippen LogP contribution is -2.42. The maximum atomic E-state index is 12.4. The van der Waals surface area contributed by atoms with Crippen LogP contribution >= 0.6 is 0 Å². The number of carbonyl (C=O) groups is 2. The molecule has 2 heterocycles. The zero-order valence-electron chi connectivity index (χ0n) is 24.3. The average molecular weight is 567 g/mol. The number of nitrogens with zero attached hydrogens (tertiary/aromatic N) is 4. The minimum absolute atomic E-state index is 0.231. The first-order valence-corrected chi connectivity index (χ1v) is 13.4. The highest BCUT2D eigenvalue weighted by Crippen LogP contribution is 2.51. The van der Waals surface area contributed by atoms with Gasteiger partial charge in [0.25, 0.3) is 0 Å². The molecule has 14 heteroatoms. The van der Waals surface area contributed by atoms with Gasteiger partial charge < -0.3 is 44.0 Å². The van der Waals surface area contributed by atoms with Crippen molar-refractivity contribution in [3.63, 3.8) is 0 Å². The third-order valence-electron chi connectivity index (χ3n) is 6.48. The van der Waals surface area contributed by atoms with Gasteiger partial charge in [-0.2, -0.15) is 0 Å². The maximum Gasteiger partial charge on any atom is 0.510 e. The van der Waals surface area contributed by atoms with Crippen LogP contribution in [0.25, 0.3) is 11.2 Å². The van der Waals surface area contributed by atoms with Crippen LogP contribution in [-0.2, 0) is 39.8 Å². The molecule has 1 saturated carbocycles. The summed E-state index contributed by atoms with van der Waals surface area (Å²) in [5.74, 6) is 0.191. The second-order valence-electron chi connectivity index (χ2n) is 10.7. The third kappa shape index (κ3) is 7.99. The van der Waals surface area contributed by atoms with Crippen molar-refractivity contribution in [1.29, 1.82) is 0 Å². The molecule has 3 N–H and O–H groups in total. The van der Waals surface area contributed by atoms with Crippen molar-refractivity contribution in [2.24, 2.45) is 11.3 Å². The Labute approximate surface area is 234 Å². The molecule has 0 aromatic carbocycles. The second kappa shape index (κ2) is 14.0. The molecule has 5 unspecified atom stereocenters. The summed E-state index contributed by atoms with van der Waals surface area (Å²) >= 11 is 0. The first kappa shape index (κ1) is 31.5. The van der Waals surface area contributed by atoms with Crippen molar-refractivity contribution in [3.05, 3.63) is 12.7 Å². The van der Waals surface area contributed by atoms with E-state index >= 15 is 0 Å². The molecular weight excluding hydrogens is 524 g/mol. The normalized spacial score (nSPS) is 21.9. The van der Waals surface area contributed by atoms with E-state index in [1.165, 1.54) is 6.33 Å². The summed E-state index contributed by atoms with van der Waals surface area (Å²) in [7, 11) is 1.57. The van der Waals surface area contributed by atoms with Gasteiger partial charge in [-0.3, -0.25) is 4.79 Å². The molecule has 1 fully saturated rings. The molecule has 2 aromatic rings. The molecular formula is C26H42N6O8. The van der Waals surface area contributed by atoms with Crippen LogP contribution in [0.2, 0.25) is 0 Å². The molecule has 0 amide bonds. The molecule has 3 rings (SSSR count). The van der Waals surface area contributed by atoms with Gasteiger partial charge in [0, 0.05) is 13.7 Å². The van der Waals surface area contributed by atoms with Crippen LogP contribution in [0.5, 0.6) is 0 Å². The Morgan fingerprint density at radius 2 is 1.85 bits per heavy atom. The van der Waals surface area contributed by atoms with Gasteiger partial charge in [-0.25, -0.2) is 19.7 Å². The van der Waals surface area contributed by atoms with Crippen LogP contribution in [0.3, 0.4) is 0 Å².